The van der Waals surface area contributed by atoms with E-state index >= 15 is 0 Å². The maximum atomic E-state index is 12.2. The lowest BCUT2D eigenvalue weighted by Gasteiger charge is -2.06. The number of ether oxygens (including phenoxy) is 1. The van der Waals surface area contributed by atoms with Crippen molar-refractivity contribution in [2.45, 2.75) is 11.8 Å². The van der Waals surface area contributed by atoms with Gasteiger partial charge in [-0.15, -0.1) is 10.2 Å². The molecule has 0 spiro atoms. The third-order valence-corrected chi connectivity index (χ3v) is 4.81. The summed E-state index contributed by atoms with van der Waals surface area (Å²) in [6.07, 6.45) is 0. The topological polar surface area (TPSA) is 57.0 Å². The second-order valence-corrected chi connectivity index (χ2v) is 6.66. The van der Waals surface area contributed by atoms with Crippen LogP contribution in [0.5, 0.6) is 5.75 Å². The van der Waals surface area contributed by atoms with Crippen LogP contribution >= 0.6 is 23.4 Å². The second kappa shape index (κ2) is 8.18. The number of hydrogen-bond donors (Lipinski definition) is 0. The molecule has 2 aromatic carbocycles. The number of para-hydroxylation sites is 1. The Morgan fingerprint density at radius 1 is 1.12 bits per heavy atom. The molecular weight excluding hydrogens is 358 g/mol. The fourth-order valence-corrected chi connectivity index (χ4v) is 3.06. The summed E-state index contributed by atoms with van der Waals surface area (Å²) in [5.74, 6) is 1.78. The third kappa shape index (κ3) is 4.61. The van der Waals surface area contributed by atoms with Crippen molar-refractivity contribution in [3.63, 3.8) is 0 Å². The summed E-state index contributed by atoms with van der Waals surface area (Å²) in [6, 6.07) is 16.4. The molecule has 0 saturated carbocycles. The lowest BCUT2D eigenvalue weighted by molar-refractivity contribution is 0.102. The van der Waals surface area contributed by atoms with Crippen molar-refractivity contribution in [2.24, 2.45) is 7.05 Å². The molecule has 0 atom stereocenters. The van der Waals surface area contributed by atoms with Gasteiger partial charge in [-0.1, -0.05) is 41.6 Å². The molecule has 7 heteroatoms. The maximum absolute atomic E-state index is 12.2. The van der Waals surface area contributed by atoms with E-state index in [1.54, 1.807) is 24.3 Å². The van der Waals surface area contributed by atoms with Crippen molar-refractivity contribution in [1.82, 2.24) is 14.8 Å². The van der Waals surface area contributed by atoms with Crippen molar-refractivity contribution in [1.29, 1.82) is 0 Å². The molecule has 5 nitrogen and oxygen atoms in total. The van der Waals surface area contributed by atoms with E-state index in [4.69, 9.17) is 16.3 Å². The number of hydrogen-bond acceptors (Lipinski definition) is 5. The standard InChI is InChI=1S/C18H16ClN3O2S/c1-22-17(11-24-15-5-3-2-4-6-15)20-21-18(22)25-12-16(23)13-7-9-14(19)10-8-13/h2-10H,11-12H2,1H3. The number of aromatic nitrogens is 3. The Kier molecular flexibility index (Phi) is 5.73. The predicted octanol–water partition coefficient (Wildman–Crippen LogP) is 4.02. The SMILES string of the molecule is Cn1c(COc2ccccc2)nnc1SCC(=O)c1ccc(Cl)cc1. The van der Waals surface area contributed by atoms with Crippen LogP contribution < -0.4 is 4.74 Å². The van der Waals surface area contributed by atoms with Crippen molar-refractivity contribution in [2.75, 3.05) is 5.75 Å². The van der Waals surface area contributed by atoms with E-state index in [0.29, 0.717) is 28.2 Å². The molecule has 1 aromatic heterocycles. The number of thioether (sulfide) groups is 1. The highest BCUT2D eigenvalue weighted by atomic mass is 35.5. The summed E-state index contributed by atoms with van der Waals surface area (Å²) >= 11 is 7.18. The van der Waals surface area contributed by atoms with E-state index in [-0.39, 0.29) is 11.5 Å². The molecular formula is C18H16ClN3O2S. The van der Waals surface area contributed by atoms with Crippen LogP contribution in [-0.2, 0) is 13.7 Å². The van der Waals surface area contributed by atoms with Crippen LogP contribution in [0, 0.1) is 0 Å². The fraction of sp³-hybridized carbons (Fsp3) is 0.167. The predicted molar refractivity (Wildman–Crippen MR) is 98.3 cm³/mol. The summed E-state index contributed by atoms with van der Waals surface area (Å²) in [7, 11) is 1.86. The number of carbonyl (C=O) groups excluding carboxylic acids is 1. The molecule has 0 fully saturated rings. The fourth-order valence-electron chi connectivity index (χ4n) is 2.11. The van der Waals surface area contributed by atoms with E-state index in [2.05, 4.69) is 10.2 Å². The molecule has 0 radical (unpaired) electrons. The van der Waals surface area contributed by atoms with Crippen LogP contribution in [0.15, 0.2) is 59.8 Å². The van der Waals surface area contributed by atoms with E-state index in [1.165, 1.54) is 11.8 Å². The first kappa shape index (κ1) is 17.5. The number of rotatable bonds is 7. The van der Waals surface area contributed by atoms with Gasteiger partial charge in [0.15, 0.2) is 16.8 Å². The smallest absolute Gasteiger partial charge is 0.191 e. The molecule has 25 heavy (non-hydrogen) atoms. The van der Waals surface area contributed by atoms with Gasteiger partial charge < -0.3 is 9.30 Å². The van der Waals surface area contributed by atoms with Gasteiger partial charge in [-0.05, 0) is 36.4 Å². The molecule has 3 rings (SSSR count). The monoisotopic (exact) mass is 373 g/mol. The van der Waals surface area contributed by atoms with Crippen LogP contribution in [0.3, 0.4) is 0 Å². The van der Waals surface area contributed by atoms with Crippen LogP contribution in [0.1, 0.15) is 16.2 Å². The highest BCUT2D eigenvalue weighted by Crippen LogP contribution is 2.19. The number of Topliss-reactive ketones (excluding diaryl/α,β-unsaturated/α-hetero) is 1. The molecule has 128 valence electrons. The molecule has 0 aliphatic carbocycles. The van der Waals surface area contributed by atoms with Crippen LogP contribution in [0.25, 0.3) is 0 Å². The average molecular weight is 374 g/mol. The van der Waals surface area contributed by atoms with E-state index in [0.717, 1.165) is 5.75 Å². The highest BCUT2D eigenvalue weighted by Gasteiger charge is 2.13. The number of halogens is 1. The van der Waals surface area contributed by atoms with Crippen LogP contribution in [-0.4, -0.2) is 26.3 Å². The van der Waals surface area contributed by atoms with E-state index < -0.39 is 0 Å². The normalized spacial score (nSPS) is 10.6. The zero-order valence-corrected chi connectivity index (χ0v) is 15.1. The van der Waals surface area contributed by atoms with Gasteiger partial charge in [0.1, 0.15) is 12.4 Å². The zero-order chi connectivity index (χ0) is 17.6. The van der Waals surface area contributed by atoms with Gasteiger partial charge >= 0.3 is 0 Å². The molecule has 1 heterocycles. The minimum Gasteiger partial charge on any atom is -0.486 e. The number of benzene rings is 2. The Morgan fingerprint density at radius 3 is 2.56 bits per heavy atom. The average Bonchev–Trinajstić information content (AvgIpc) is 2.99. The minimum absolute atomic E-state index is 0.0201. The molecule has 0 aliphatic heterocycles. The first-order valence-electron chi connectivity index (χ1n) is 7.61. The number of ketones is 1. The molecule has 0 aliphatic rings. The summed E-state index contributed by atoms with van der Waals surface area (Å²) in [5, 5.41) is 9.55. The summed E-state index contributed by atoms with van der Waals surface area (Å²) in [4.78, 5) is 12.2. The largest absolute Gasteiger partial charge is 0.486 e. The van der Waals surface area contributed by atoms with Gasteiger partial charge in [0.25, 0.3) is 0 Å². The van der Waals surface area contributed by atoms with Crippen molar-refractivity contribution >= 4 is 29.1 Å². The molecule has 0 unspecified atom stereocenters. The molecule has 0 bridgehead atoms. The molecule has 0 amide bonds. The van der Waals surface area contributed by atoms with Gasteiger partial charge in [-0.25, -0.2) is 0 Å². The van der Waals surface area contributed by atoms with Crippen molar-refractivity contribution < 1.29 is 9.53 Å². The van der Waals surface area contributed by atoms with Crippen molar-refractivity contribution in [3.05, 3.63) is 71.0 Å². The van der Waals surface area contributed by atoms with Crippen molar-refractivity contribution in [3.8, 4) is 5.75 Å². The molecule has 3 aromatic rings. The Hall–Kier alpha value is -2.31. The Bertz CT molecular complexity index is 851. The Labute approximate surface area is 155 Å². The van der Waals surface area contributed by atoms with Crippen LogP contribution in [0.2, 0.25) is 5.02 Å². The maximum Gasteiger partial charge on any atom is 0.191 e. The third-order valence-electron chi connectivity index (χ3n) is 3.53. The second-order valence-electron chi connectivity index (χ2n) is 5.28. The minimum atomic E-state index is 0.0201. The summed E-state index contributed by atoms with van der Waals surface area (Å²) in [6.45, 7) is 0.319. The van der Waals surface area contributed by atoms with E-state index in [9.17, 15) is 4.79 Å². The van der Waals surface area contributed by atoms with Gasteiger partial charge in [0.05, 0.1) is 5.75 Å². The van der Waals surface area contributed by atoms with Gasteiger partial charge in [-0.2, -0.15) is 0 Å². The summed E-state index contributed by atoms with van der Waals surface area (Å²) in [5.41, 5.74) is 0.631. The highest BCUT2D eigenvalue weighted by molar-refractivity contribution is 7.99. The lowest BCUT2D eigenvalue weighted by Crippen LogP contribution is -2.06. The quantitative estimate of drug-likeness (QED) is 0.462. The van der Waals surface area contributed by atoms with Crippen LogP contribution in [0.4, 0.5) is 0 Å². The molecule has 0 N–H and O–H groups in total. The Morgan fingerprint density at radius 2 is 1.84 bits per heavy atom. The van der Waals surface area contributed by atoms with Gasteiger partial charge in [-0.3, -0.25) is 4.79 Å². The van der Waals surface area contributed by atoms with E-state index in [1.807, 2.05) is 41.9 Å². The zero-order valence-electron chi connectivity index (χ0n) is 13.6. The Balaban J connectivity index is 1.57. The van der Waals surface area contributed by atoms with Gasteiger partial charge in [0, 0.05) is 17.6 Å². The number of carbonyl (C=O) groups is 1. The lowest BCUT2D eigenvalue weighted by atomic mass is 10.1. The first-order valence-corrected chi connectivity index (χ1v) is 8.97. The first-order chi connectivity index (χ1) is 12.1. The van der Waals surface area contributed by atoms with Gasteiger partial charge in [0.2, 0.25) is 0 Å². The summed E-state index contributed by atoms with van der Waals surface area (Å²) < 4.78 is 7.52. The number of nitrogens with zero attached hydrogens (tertiary/aromatic N) is 3. The molecule has 0 saturated heterocycles.